The maximum absolute atomic E-state index is 14.2. The number of hydrogen-bond donors (Lipinski definition) is 0. The molecule has 7 heteroatoms. The number of nitrogens with zero attached hydrogens (tertiary/aromatic N) is 4. The van der Waals surface area contributed by atoms with E-state index in [1.165, 1.54) is 12.4 Å². The Morgan fingerprint density at radius 3 is 2.38 bits per heavy atom. The summed E-state index contributed by atoms with van der Waals surface area (Å²) in [6.45, 7) is 6.13. The molecule has 0 radical (unpaired) electrons. The van der Waals surface area contributed by atoms with Crippen LogP contribution in [0.2, 0.25) is 0 Å². The molecule has 0 saturated heterocycles. The Morgan fingerprint density at radius 1 is 1.08 bits per heavy atom. The highest BCUT2D eigenvalue weighted by atomic mass is 19.1. The molecule has 0 bridgehead atoms. The smallest absolute Gasteiger partial charge is 0.188 e. The van der Waals surface area contributed by atoms with E-state index in [9.17, 15) is 4.39 Å². The molecule has 0 aliphatic heterocycles. The second kappa shape index (κ2) is 7.11. The summed E-state index contributed by atoms with van der Waals surface area (Å²) in [6.07, 6.45) is 2.71. The molecule has 0 fully saturated rings. The van der Waals surface area contributed by atoms with Crippen LogP contribution in [0.4, 0.5) is 4.39 Å². The Bertz CT molecular complexity index is 885. The second-order valence-corrected chi connectivity index (χ2v) is 6.75. The van der Waals surface area contributed by atoms with Gasteiger partial charge < -0.3 is 9.47 Å². The van der Waals surface area contributed by atoms with Crippen molar-refractivity contribution in [2.24, 2.45) is 0 Å². The molecule has 0 aliphatic carbocycles. The third kappa shape index (κ3) is 3.82. The molecular formula is C19H21FN4O2. The number of rotatable bonds is 5. The minimum Gasteiger partial charge on any atom is -0.497 e. The lowest BCUT2D eigenvalue weighted by atomic mass is 10.1. The molecule has 3 aromatic rings. The monoisotopic (exact) mass is 356 g/mol. The van der Waals surface area contributed by atoms with Crippen molar-refractivity contribution in [1.82, 2.24) is 19.7 Å². The molecule has 2 heterocycles. The van der Waals surface area contributed by atoms with Crippen LogP contribution in [0.25, 0.3) is 11.4 Å². The summed E-state index contributed by atoms with van der Waals surface area (Å²) >= 11 is 0. The molecule has 0 atom stereocenters. The maximum Gasteiger partial charge on any atom is 0.188 e. The lowest BCUT2D eigenvalue weighted by molar-refractivity contribution is 0.289. The van der Waals surface area contributed by atoms with Gasteiger partial charge in [-0.3, -0.25) is 4.98 Å². The van der Waals surface area contributed by atoms with Crippen LogP contribution in [0, 0.1) is 5.82 Å². The van der Waals surface area contributed by atoms with Gasteiger partial charge in [-0.05, 0) is 51.1 Å². The fraction of sp³-hybridized carbons (Fsp3) is 0.316. The third-order valence-electron chi connectivity index (χ3n) is 3.73. The van der Waals surface area contributed by atoms with E-state index in [2.05, 4.69) is 15.1 Å². The number of aromatic nitrogens is 4. The predicted molar refractivity (Wildman–Crippen MR) is 95.5 cm³/mol. The highest BCUT2D eigenvalue weighted by Gasteiger charge is 2.24. The van der Waals surface area contributed by atoms with Gasteiger partial charge in [-0.2, -0.15) is 5.10 Å². The quantitative estimate of drug-likeness (QED) is 0.695. The van der Waals surface area contributed by atoms with E-state index in [0.29, 0.717) is 23.0 Å². The van der Waals surface area contributed by atoms with Crippen molar-refractivity contribution in [3.8, 4) is 22.9 Å². The van der Waals surface area contributed by atoms with Gasteiger partial charge in [-0.15, -0.1) is 0 Å². The van der Waals surface area contributed by atoms with Gasteiger partial charge in [0.1, 0.15) is 18.1 Å². The summed E-state index contributed by atoms with van der Waals surface area (Å²) in [4.78, 5) is 8.28. The molecule has 0 saturated carbocycles. The van der Waals surface area contributed by atoms with Crippen LogP contribution in [0.1, 0.15) is 26.6 Å². The summed E-state index contributed by atoms with van der Waals surface area (Å²) in [7, 11) is 1.61. The van der Waals surface area contributed by atoms with Gasteiger partial charge in [-0.25, -0.2) is 14.1 Å². The van der Waals surface area contributed by atoms with Crippen LogP contribution in [0.5, 0.6) is 11.5 Å². The number of ether oxygens (including phenoxy) is 2. The predicted octanol–water partition coefficient (Wildman–Crippen LogP) is 3.82. The number of pyridine rings is 1. The van der Waals surface area contributed by atoms with E-state index in [0.717, 1.165) is 5.75 Å². The summed E-state index contributed by atoms with van der Waals surface area (Å²) in [6, 6.07) is 8.84. The molecule has 0 spiro atoms. The van der Waals surface area contributed by atoms with Crippen molar-refractivity contribution < 1.29 is 13.9 Å². The topological polar surface area (TPSA) is 62.1 Å². The maximum atomic E-state index is 14.2. The van der Waals surface area contributed by atoms with Gasteiger partial charge in [-0.1, -0.05) is 0 Å². The molecule has 136 valence electrons. The van der Waals surface area contributed by atoms with Gasteiger partial charge in [0.25, 0.3) is 0 Å². The first-order valence-electron chi connectivity index (χ1n) is 8.21. The SMILES string of the molecule is COc1ccc(OCc2nc(-c3ccncc3F)n(C(C)(C)C)n2)cc1. The van der Waals surface area contributed by atoms with E-state index >= 15 is 0 Å². The zero-order valence-electron chi connectivity index (χ0n) is 15.2. The number of halogens is 1. The van der Waals surface area contributed by atoms with E-state index in [4.69, 9.17) is 9.47 Å². The molecule has 0 N–H and O–H groups in total. The average molecular weight is 356 g/mol. The van der Waals surface area contributed by atoms with Gasteiger partial charge >= 0.3 is 0 Å². The zero-order chi connectivity index (χ0) is 18.7. The second-order valence-electron chi connectivity index (χ2n) is 6.75. The minimum atomic E-state index is -0.437. The molecule has 3 rings (SSSR count). The lowest BCUT2D eigenvalue weighted by Crippen LogP contribution is -2.24. The standard InChI is InChI=1S/C19H21FN4O2/c1-19(2,3)24-18(15-9-10-21-11-16(15)20)22-17(23-24)12-26-14-7-5-13(25-4)6-8-14/h5-11H,12H2,1-4H3. The summed E-state index contributed by atoms with van der Waals surface area (Å²) < 4.78 is 26.8. The summed E-state index contributed by atoms with van der Waals surface area (Å²) in [5, 5.41) is 4.52. The molecule has 2 aromatic heterocycles. The first-order valence-corrected chi connectivity index (χ1v) is 8.21. The largest absolute Gasteiger partial charge is 0.497 e. The van der Waals surface area contributed by atoms with Crippen LogP contribution in [-0.2, 0) is 12.1 Å². The number of methoxy groups -OCH3 is 1. The van der Waals surface area contributed by atoms with E-state index in [1.54, 1.807) is 17.9 Å². The number of benzene rings is 1. The van der Waals surface area contributed by atoms with E-state index < -0.39 is 5.82 Å². The Kier molecular flexibility index (Phi) is 4.88. The van der Waals surface area contributed by atoms with Crippen LogP contribution >= 0.6 is 0 Å². The van der Waals surface area contributed by atoms with Crippen molar-refractivity contribution in [1.29, 1.82) is 0 Å². The van der Waals surface area contributed by atoms with Gasteiger partial charge in [0.15, 0.2) is 17.5 Å². The fourth-order valence-electron chi connectivity index (χ4n) is 2.43. The van der Waals surface area contributed by atoms with Crippen LogP contribution in [0.3, 0.4) is 0 Å². The van der Waals surface area contributed by atoms with Gasteiger partial charge in [0.2, 0.25) is 0 Å². The van der Waals surface area contributed by atoms with Crippen LogP contribution < -0.4 is 9.47 Å². The highest BCUT2D eigenvalue weighted by Crippen LogP contribution is 2.26. The first kappa shape index (κ1) is 17.8. The Hall–Kier alpha value is -2.96. The van der Waals surface area contributed by atoms with Gasteiger partial charge in [0, 0.05) is 6.20 Å². The Morgan fingerprint density at radius 2 is 1.77 bits per heavy atom. The normalized spacial score (nSPS) is 11.4. The van der Waals surface area contributed by atoms with Crippen molar-refractivity contribution in [2.75, 3.05) is 7.11 Å². The van der Waals surface area contributed by atoms with Crippen molar-refractivity contribution >= 4 is 0 Å². The molecule has 26 heavy (non-hydrogen) atoms. The van der Waals surface area contributed by atoms with Crippen LogP contribution in [0.15, 0.2) is 42.7 Å². The molecule has 0 unspecified atom stereocenters. The summed E-state index contributed by atoms with van der Waals surface area (Å²) in [5.41, 5.74) is -0.00530. The average Bonchev–Trinajstić information content (AvgIpc) is 3.05. The molecule has 0 aliphatic rings. The Balaban J connectivity index is 1.87. The number of hydrogen-bond acceptors (Lipinski definition) is 5. The lowest BCUT2D eigenvalue weighted by Gasteiger charge is -2.21. The highest BCUT2D eigenvalue weighted by molar-refractivity contribution is 5.55. The molecule has 6 nitrogen and oxygen atoms in total. The van der Waals surface area contributed by atoms with E-state index in [-0.39, 0.29) is 12.1 Å². The molecular weight excluding hydrogens is 335 g/mol. The van der Waals surface area contributed by atoms with E-state index in [1.807, 2.05) is 45.0 Å². The minimum absolute atomic E-state index is 0.176. The van der Waals surface area contributed by atoms with Crippen molar-refractivity contribution in [3.05, 3.63) is 54.4 Å². The first-order chi connectivity index (χ1) is 12.4. The zero-order valence-corrected chi connectivity index (χ0v) is 15.2. The van der Waals surface area contributed by atoms with Gasteiger partial charge in [0.05, 0.1) is 24.4 Å². The fourth-order valence-corrected chi connectivity index (χ4v) is 2.43. The molecule has 0 amide bonds. The van der Waals surface area contributed by atoms with Crippen molar-refractivity contribution in [2.45, 2.75) is 32.9 Å². The van der Waals surface area contributed by atoms with Crippen molar-refractivity contribution in [3.63, 3.8) is 0 Å². The third-order valence-corrected chi connectivity index (χ3v) is 3.73. The Labute approximate surface area is 151 Å². The summed E-state index contributed by atoms with van der Waals surface area (Å²) in [5.74, 6) is 1.91. The molecule has 1 aromatic carbocycles. The van der Waals surface area contributed by atoms with Crippen LogP contribution in [-0.4, -0.2) is 26.9 Å².